The van der Waals surface area contributed by atoms with E-state index in [1.807, 2.05) is 18.2 Å². The lowest BCUT2D eigenvalue weighted by molar-refractivity contribution is 0.415. The molecule has 19 heavy (non-hydrogen) atoms. The summed E-state index contributed by atoms with van der Waals surface area (Å²) in [5.74, 6) is 1.42. The Morgan fingerprint density at radius 3 is 2.53 bits per heavy atom. The highest BCUT2D eigenvalue weighted by atomic mass is 35.5. The van der Waals surface area contributed by atoms with Crippen LogP contribution in [-0.2, 0) is 0 Å². The van der Waals surface area contributed by atoms with E-state index in [0.717, 1.165) is 16.8 Å². The number of methoxy groups -OCH3 is 1. The van der Waals surface area contributed by atoms with E-state index >= 15 is 0 Å². The predicted octanol–water partition coefficient (Wildman–Crippen LogP) is 4.55. The molecule has 0 radical (unpaired) electrons. The van der Waals surface area contributed by atoms with Crippen LogP contribution in [0.15, 0.2) is 36.4 Å². The van der Waals surface area contributed by atoms with E-state index in [1.54, 1.807) is 25.3 Å². The quantitative estimate of drug-likeness (QED) is 0.753. The molecule has 0 spiro atoms. The number of aromatic nitrogens is 2. The first kappa shape index (κ1) is 12.3. The van der Waals surface area contributed by atoms with Gasteiger partial charge in [0.15, 0.2) is 0 Å². The van der Waals surface area contributed by atoms with Crippen LogP contribution < -0.4 is 4.74 Å². The number of rotatable bonds is 2. The molecule has 5 heteroatoms. The minimum atomic E-state index is 0.568. The first-order valence-electron chi connectivity index (χ1n) is 5.67. The van der Waals surface area contributed by atoms with Gasteiger partial charge in [0.25, 0.3) is 0 Å². The first-order chi connectivity index (χ1) is 9.19. The van der Waals surface area contributed by atoms with Gasteiger partial charge in [0.2, 0.25) is 0 Å². The van der Waals surface area contributed by atoms with Crippen molar-refractivity contribution in [3.8, 4) is 17.1 Å². The second kappa shape index (κ2) is 4.76. The Balaban J connectivity index is 2.21. The Kier molecular flexibility index (Phi) is 3.09. The van der Waals surface area contributed by atoms with Crippen molar-refractivity contribution in [2.24, 2.45) is 0 Å². The Morgan fingerprint density at radius 1 is 1.11 bits per heavy atom. The molecule has 3 rings (SSSR count). The number of hydrogen-bond acceptors (Lipinski definition) is 2. The second-order valence-electron chi connectivity index (χ2n) is 4.07. The number of ether oxygens (including phenoxy) is 1. The summed E-state index contributed by atoms with van der Waals surface area (Å²) in [6.07, 6.45) is 0. The molecule has 2 aromatic carbocycles. The summed E-state index contributed by atoms with van der Waals surface area (Å²) < 4.78 is 5.18. The maximum Gasteiger partial charge on any atom is 0.141 e. The number of hydrogen-bond donors (Lipinski definition) is 1. The molecule has 0 aliphatic heterocycles. The fraction of sp³-hybridized carbons (Fsp3) is 0.0714. The monoisotopic (exact) mass is 292 g/mol. The fourth-order valence-electron chi connectivity index (χ4n) is 1.96. The molecule has 0 bridgehead atoms. The van der Waals surface area contributed by atoms with Crippen LogP contribution in [-0.4, -0.2) is 17.1 Å². The van der Waals surface area contributed by atoms with Gasteiger partial charge in [0.05, 0.1) is 33.8 Å². The number of benzene rings is 2. The molecule has 96 valence electrons. The van der Waals surface area contributed by atoms with E-state index in [1.165, 1.54) is 0 Å². The van der Waals surface area contributed by atoms with Gasteiger partial charge >= 0.3 is 0 Å². The van der Waals surface area contributed by atoms with Gasteiger partial charge in [-0.1, -0.05) is 29.3 Å². The average Bonchev–Trinajstić information content (AvgIpc) is 2.80. The van der Waals surface area contributed by atoms with Crippen LogP contribution in [0.1, 0.15) is 0 Å². The summed E-state index contributed by atoms with van der Waals surface area (Å²) in [5.41, 5.74) is 2.43. The van der Waals surface area contributed by atoms with E-state index in [2.05, 4.69) is 9.97 Å². The van der Waals surface area contributed by atoms with Crippen LogP contribution in [0.2, 0.25) is 10.0 Å². The van der Waals surface area contributed by atoms with Gasteiger partial charge in [0, 0.05) is 6.07 Å². The van der Waals surface area contributed by atoms with E-state index in [4.69, 9.17) is 27.9 Å². The van der Waals surface area contributed by atoms with Crippen LogP contribution in [0.25, 0.3) is 22.4 Å². The van der Waals surface area contributed by atoms with E-state index < -0.39 is 0 Å². The van der Waals surface area contributed by atoms with Crippen LogP contribution in [0.4, 0.5) is 0 Å². The van der Waals surface area contributed by atoms with Crippen molar-refractivity contribution in [2.45, 2.75) is 0 Å². The number of H-pyrrole nitrogens is 1. The van der Waals surface area contributed by atoms with Gasteiger partial charge in [0.1, 0.15) is 11.6 Å². The molecule has 0 aliphatic carbocycles. The first-order valence-corrected chi connectivity index (χ1v) is 6.43. The van der Waals surface area contributed by atoms with Crippen molar-refractivity contribution in [3.63, 3.8) is 0 Å². The zero-order valence-corrected chi connectivity index (χ0v) is 11.6. The van der Waals surface area contributed by atoms with Crippen molar-refractivity contribution in [3.05, 3.63) is 46.4 Å². The highest BCUT2D eigenvalue weighted by molar-refractivity contribution is 6.39. The van der Waals surface area contributed by atoms with Crippen LogP contribution in [0.3, 0.4) is 0 Å². The molecule has 1 N–H and O–H groups in total. The number of halogens is 2. The zero-order chi connectivity index (χ0) is 13.4. The third kappa shape index (κ3) is 2.15. The molecule has 3 nitrogen and oxygen atoms in total. The number of nitrogens with one attached hydrogen (secondary N) is 1. The van der Waals surface area contributed by atoms with Crippen LogP contribution >= 0.6 is 23.2 Å². The topological polar surface area (TPSA) is 37.9 Å². The zero-order valence-electron chi connectivity index (χ0n) is 10.1. The van der Waals surface area contributed by atoms with Gasteiger partial charge < -0.3 is 9.72 Å². The highest BCUT2D eigenvalue weighted by Gasteiger charge is 2.12. The van der Waals surface area contributed by atoms with Crippen LogP contribution in [0.5, 0.6) is 5.75 Å². The van der Waals surface area contributed by atoms with E-state index in [0.29, 0.717) is 21.4 Å². The highest BCUT2D eigenvalue weighted by Crippen LogP contribution is 2.34. The molecule has 0 aliphatic rings. The fourth-order valence-corrected chi connectivity index (χ4v) is 2.53. The minimum absolute atomic E-state index is 0.568. The van der Waals surface area contributed by atoms with Gasteiger partial charge in [-0.2, -0.15) is 0 Å². The Hall–Kier alpha value is -1.71. The van der Waals surface area contributed by atoms with Gasteiger partial charge in [-0.15, -0.1) is 0 Å². The molecular formula is C14H10Cl2N2O. The number of fused-ring (bicyclic) bond motifs is 1. The largest absolute Gasteiger partial charge is 0.497 e. The van der Waals surface area contributed by atoms with Crippen molar-refractivity contribution in [1.29, 1.82) is 0 Å². The molecule has 0 fully saturated rings. The van der Waals surface area contributed by atoms with Crippen molar-refractivity contribution in [2.75, 3.05) is 7.11 Å². The molecule has 1 heterocycles. The average molecular weight is 293 g/mol. The van der Waals surface area contributed by atoms with Crippen LogP contribution in [0, 0.1) is 0 Å². The maximum absolute atomic E-state index is 6.18. The molecule has 1 aromatic heterocycles. The summed E-state index contributed by atoms with van der Waals surface area (Å²) in [6.45, 7) is 0. The second-order valence-corrected chi connectivity index (χ2v) is 4.88. The minimum Gasteiger partial charge on any atom is -0.497 e. The number of aromatic amines is 1. The summed E-state index contributed by atoms with van der Waals surface area (Å²) in [6, 6.07) is 11.0. The van der Waals surface area contributed by atoms with Crippen molar-refractivity contribution in [1.82, 2.24) is 9.97 Å². The number of nitrogens with zero attached hydrogens (tertiary/aromatic N) is 1. The Labute approximate surface area is 120 Å². The van der Waals surface area contributed by atoms with E-state index in [-0.39, 0.29) is 0 Å². The van der Waals surface area contributed by atoms with E-state index in [9.17, 15) is 0 Å². The Bertz CT molecular complexity index is 732. The van der Waals surface area contributed by atoms with Crippen molar-refractivity contribution < 1.29 is 4.74 Å². The van der Waals surface area contributed by atoms with Gasteiger partial charge in [-0.05, 0) is 24.3 Å². The molecule has 0 saturated carbocycles. The third-order valence-electron chi connectivity index (χ3n) is 2.89. The lowest BCUT2D eigenvalue weighted by Gasteiger charge is -2.02. The maximum atomic E-state index is 6.18. The van der Waals surface area contributed by atoms with Gasteiger partial charge in [-0.3, -0.25) is 0 Å². The Morgan fingerprint density at radius 2 is 1.84 bits per heavy atom. The molecule has 3 aromatic rings. The smallest absolute Gasteiger partial charge is 0.141 e. The standard InChI is InChI=1S/C14H10Cl2N2O/c1-19-8-5-6-11-12(7-8)18-14(17-11)13-9(15)3-2-4-10(13)16/h2-7H,1H3,(H,17,18). The number of imidazole rings is 1. The van der Waals surface area contributed by atoms with Gasteiger partial charge in [-0.25, -0.2) is 4.98 Å². The lowest BCUT2D eigenvalue weighted by atomic mass is 10.2. The summed E-state index contributed by atoms with van der Waals surface area (Å²) in [7, 11) is 1.63. The summed E-state index contributed by atoms with van der Waals surface area (Å²) >= 11 is 12.4. The molecule has 0 unspecified atom stereocenters. The SMILES string of the molecule is COc1ccc2nc(-c3c(Cl)cccc3Cl)[nH]c2c1. The molecule has 0 saturated heterocycles. The normalized spacial score (nSPS) is 10.9. The lowest BCUT2D eigenvalue weighted by Crippen LogP contribution is -1.83. The summed E-state index contributed by atoms with van der Waals surface area (Å²) in [4.78, 5) is 7.71. The molecule has 0 atom stereocenters. The molecular weight excluding hydrogens is 283 g/mol. The third-order valence-corrected chi connectivity index (χ3v) is 3.52. The predicted molar refractivity (Wildman–Crippen MR) is 78.1 cm³/mol. The molecule has 0 amide bonds. The van der Waals surface area contributed by atoms with Crippen molar-refractivity contribution >= 4 is 34.2 Å². The summed E-state index contributed by atoms with van der Waals surface area (Å²) in [5, 5.41) is 1.14.